The Balaban J connectivity index is 1.38. The zero-order chi connectivity index (χ0) is 21.5. The van der Waals surface area contributed by atoms with Crippen molar-refractivity contribution in [1.82, 2.24) is 15.1 Å². The van der Waals surface area contributed by atoms with Gasteiger partial charge < -0.3 is 15.1 Å². The van der Waals surface area contributed by atoms with Crippen LogP contribution < -0.4 is 10.2 Å². The number of nitrogens with zero attached hydrogens (tertiary/aromatic N) is 3. The second-order valence-corrected chi connectivity index (χ2v) is 9.03. The number of carbonyl (C=O) groups is 3. The molecule has 2 saturated heterocycles. The number of hydrogen-bond acceptors (Lipinski definition) is 4. The Morgan fingerprint density at radius 2 is 1.87 bits per heavy atom. The fourth-order valence-electron chi connectivity index (χ4n) is 5.15. The Hall–Kier alpha value is -2.57. The van der Waals surface area contributed by atoms with Crippen molar-refractivity contribution in [2.24, 2.45) is 5.92 Å². The van der Waals surface area contributed by atoms with E-state index in [1.807, 2.05) is 6.92 Å². The Kier molecular flexibility index (Phi) is 5.47. The zero-order valence-electron chi connectivity index (χ0n) is 18.2. The summed E-state index contributed by atoms with van der Waals surface area (Å²) in [6.45, 7) is 8.78. The number of anilines is 1. The van der Waals surface area contributed by atoms with E-state index >= 15 is 0 Å². The van der Waals surface area contributed by atoms with Gasteiger partial charge in [-0.2, -0.15) is 0 Å². The molecule has 1 aromatic carbocycles. The van der Waals surface area contributed by atoms with Gasteiger partial charge in [0.15, 0.2) is 0 Å². The van der Waals surface area contributed by atoms with Crippen LogP contribution in [0.15, 0.2) is 18.2 Å². The molecule has 1 saturated carbocycles. The van der Waals surface area contributed by atoms with Crippen LogP contribution in [-0.2, 0) is 9.59 Å². The number of benzene rings is 1. The lowest BCUT2D eigenvalue weighted by Crippen LogP contribution is -2.55. The number of hydrogen-bond donors (Lipinski definition) is 1. The van der Waals surface area contributed by atoms with Crippen LogP contribution in [0.2, 0.25) is 0 Å². The topological polar surface area (TPSA) is 73.0 Å². The third-order valence-corrected chi connectivity index (χ3v) is 7.34. The van der Waals surface area contributed by atoms with Crippen LogP contribution in [0.1, 0.15) is 43.7 Å². The van der Waals surface area contributed by atoms with Crippen LogP contribution in [0.25, 0.3) is 0 Å². The van der Waals surface area contributed by atoms with Crippen molar-refractivity contribution in [1.29, 1.82) is 0 Å². The Morgan fingerprint density at radius 1 is 1.13 bits per heavy atom. The van der Waals surface area contributed by atoms with E-state index in [4.69, 9.17) is 0 Å². The summed E-state index contributed by atoms with van der Waals surface area (Å²) in [4.78, 5) is 43.8. The van der Waals surface area contributed by atoms with E-state index < -0.39 is 11.6 Å². The van der Waals surface area contributed by atoms with Gasteiger partial charge in [-0.25, -0.2) is 4.79 Å². The second-order valence-electron chi connectivity index (χ2n) is 9.03. The molecule has 1 N–H and O–H groups in total. The highest BCUT2D eigenvalue weighted by atomic mass is 16.2. The van der Waals surface area contributed by atoms with Gasteiger partial charge in [0, 0.05) is 31.9 Å². The predicted octanol–water partition coefficient (Wildman–Crippen LogP) is 2.45. The number of amides is 4. The number of aryl methyl sites for hydroxylation is 1. The van der Waals surface area contributed by atoms with E-state index in [0.29, 0.717) is 19.5 Å². The molecule has 1 spiro atoms. The third-order valence-electron chi connectivity index (χ3n) is 7.34. The molecule has 2 atom stereocenters. The molecule has 0 aromatic heterocycles. The maximum atomic E-state index is 13.1. The lowest BCUT2D eigenvalue weighted by molar-refractivity contribution is -0.140. The summed E-state index contributed by atoms with van der Waals surface area (Å²) in [5, 5.41) is 2.93. The van der Waals surface area contributed by atoms with Crippen molar-refractivity contribution in [3.8, 4) is 0 Å². The molecule has 0 radical (unpaired) electrons. The summed E-state index contributed by atoms with van der Waals surface area (Å²) in [5.41, 5.74) is 2.93. The number of urea groups is 1. The van der Waals surface area contributed by atoms with Gasteiger partial charge in [-0.1, -0.05) is 31.9 Å². The molecule has 1 aromatic rings. The predicted molar refractivity (Wildman–Crippen MR) is 115 cm³/mol. The summed E-state index contributed by atoms with van der Waals surface area (Å²) >= 11 is 0. The van der Waals surface area contributed by atoms with Crippen LogP contribution >= 0.6 is 0 Å². The first kappa shape index (κ1) is 20.7. The van der Waals surface area contributed by atoms with Gasteiger partial charge in [0.1, 0.15) is 12.1 Å². The van der Waals surface area contributed by atoms with Crippen LogP contribution in [0, 0.1) is 19.8 Å². The Bertz CT molecular complexity index is 862. The first-order valence-electron chi connectivity index (χ1n) is 11.1. The van der Waals surface area contributed by atoms with Gasteiger partial charge in [0.2, 0.25) is 5.91 Å². The monoisotopic (exact) mass is 412 g/mol. The maximum Gasteiger partial charge on any atom is 0.325 e. The fraction of sp³-hybridized carbons (Fsp3) is 0.609. The molecule has 162 valence electrons. The van der Waals surface area contributed by atoms with E-state index in [2.05, 4.69) is 42.3 Å². The molecule has 4 rings (SSSR count). The number of nitrogens with one attached hydrogen (secondary N) is 1. The number of carbonyl (C=O) groups excluding carboxylic acids is 3. The van der Waals surface area contributed by atoms with Gasteiger partial charge in [-0.3, -0.25) is 14.5 Å². The molecule has 7 heteroatoms. The average molecular weight is 413 g/mol. The molecule has 1 aliphatic carbocycles. The van der Waals surface area contributed by atoms with Gasteiger partial charge in [0.05, 0.1) is 0 Å². The van der Waals surface area contributed by atoms with E-state index in [-0.39, 0.29) is 24.3 Å². The summed E-state index contributed by atoms with van der Waals surface area (Å²) in [6.07, 6.45) is 3.60. The molecule has 3 fully saturated rings. The zero-order valence-corrected chi connectivity index (χ0v) is 18.2. The lowest BCUT2D eigenvalue weighted by Gasteiger charge is -2.38. The molecule has 0 unspecified atom stereocenters. The van der Waals surface area contributed by atoms with Gasteiger partial charge in [-0.15, -0.1) is 0 Å². The minimum Gasteiger partial charge on any atom is -0.368 e. The van der Waals surface area contributed by atoms with E-state index in [0.717, 1.165) is 37.3 Å². The largest absolute Gasteiger partial charge is 0.368 e. The Morgan fingerprint density at radius 3 is 2.57 bits per heavy atom. The van der Waals surface area contributed by atoms with Crippen molar-refractivity contribution in [2.45, 2.75) is 52.0 Å². The summed E-state index contributed by atoms with van der Waals surface area (Å²) in [7, 11) is 0. The molecule has 7 nitrogen and oxygen atoms in total. The highest BCUT2D eigenvalue weighted by Gasteiger charge is 2.55. The van der Waals surface area contributed by atoms with Gasteiger partial charge >= 0.3 is 6.03 Å². The van der Waals surface area contributed by atoms with E-state index in [1.165, 1.54) is 16.8 Å². The number of piperazine rings is 1. The van der Waals surface area contributed by atoms with E-state index in [1.54, 1.807) is 4.90 Å². The molecule has 2 heterocycles. The highest BCUT2D eigenvalue weighted by Crippen LogP contribution is 2.38. The Labute approximate surface area is 178 Å². The standard InChI is InChI=1S/C23H32N4O3/c1-16-7-6-9-19(18(16)3)25-11-13-26(14-12-25)20(28)15-27-21(29)23(24-22(27)30)10-5-4-8-17(23)2/h6-7,9,17H,4-5,8,10-15H2,1-3H3,(H,24,30)/t17-,23-/m0/s1. The van der Waals surface area contributed by atoms with Crippen molar-refractivity contribution in [3.05, 3.63) is 29.3 Å². The van der Waals surface area contributed by atoms with Gasteiger partial charge in [0.25, 0.3) is 5.91 Å². The normalized spacial score (nSPS) is 27.0. The first-order chi connectivity index (χ1) is 14.3. The summed E-state index contributed by atoms with van der Waals surface area (Å²) < 4.78 is 0. The molecule has 4 amide bonds. The summed E-state index contributed by atoms with van der Waals surface area (Å²) in [5.74, 6) is -0.273. The quantitative estimate of drug-likeness (QED) is 0.774. The lowest BCUT2D eigenvalue weighted by atomic mass is 9.73. The molecular weight excluding hydrogens is 380 g/mol. The first-order valence-corrected chi connectivity index (χ1v) is 11.1. The van der Waals surface area contributed by atoms with Crippen LogP contribution in [0.4, 0.5) is 10.5 Å². The average Bonchev–Trinajstić information content (AvgIpc) is 2.97. The van der Waals surface area contributed by atoms with Gasteiger partial charge in [-0.05, 0) is 49.8 Å². The highest BCUT2D eigenvalue weighted by molar-refractivity contribution is 6.09. The summed E-state index contributed by atoms with van der Waals surface area (Å²) in [6, 6.07) is 5.87. The van der Waals surface area contributed by atoms with Crippen LogP contribution in [-0.4, -0.2) is 65.9 Å². The molecule has 30 heavy (non-hydrogen) atoms. The molecule has 0 bridgehead atoms. The number of rotatable bonds is 3. The molecule has 3 aliphatic rings. The number of imide groups is 1. The molecule has 2 aliphatic heterocycles. The smallest absolute Gasteiger partial charge is 0.325 e. The van der Waals surface area contributed by atoms with Crippen molar-refractivity contribution < 1.29 is 14.4 Å². The van der Waals surface area contributed by atoms with Crippen molar-refractivity contribution >= 4 is 23.5 Å². The maximum absolute atomic E-state index is 13.1. The van der Waals surface area contributed by atoms with Crippen molar-refractivity contribution in [3.63, 3.8) is 0 Å². The minimum absolute atomic E-state index is 0.101. The third kappa shape index (κ3) is 3.44. The van der Waals surface area contributed by atoms with E-state index in [9.17, 15) is 14.4 Å². The van der Waals surface area contributed by atoms with Crippen molar-refractivity contribution in [2.75, 3.05) is 37.6 Å². The fourth-order valence-corrected chi connectivity index (χ4v) is 5.15. The molecular formula is C23H32N4O3. The second kappa shape index (κ2) is 7.93. The van der Waals surface area contributed by atoms with Crippen LogP contribution in [0.3, 0.4) is 0 Å². The minimum atomic E-state index is -0.809. The van der Waals surface area contributed by atoms with Crippen LogP contribution in [0.5, 0.6) is 0 Å². The SMILES string of the molecule is Cc1cccc(N2CCN(C(=O)CN3C(=O)N[C@]4(CCCC[C@@H]4C)C3=O)CC2)c1C.